The zero-order valence-corrected chi connectivity index (χ0v) is 14.5. The van der Waals surface area contributed by atoms with Gasteiger partial charge in [-0.2, -0.15) is 9.57 Å². The standard InChI is InChI=1S/C18H19N3O2S/c1-13-5-7-15(8-6-13)16-10-14(2)21(12-16)24(22,23)18-4-3-9-20-17(18)11-19/h3-9,14,16H,10,12H2,1-2H3. The molecule has 3 rings (SSSR count). The van der Waals surface area contributed by atoms with Crippen molar-refractivity contribution in [1.29, 1.82) is 5.26 Å². The van der Waals surface area contributed by atoms with Crippen molar-refractivity contribution in [2.45, 2.75) is 37.1 Å². The molecule has 24 heavy (non-hydrogen) atoms. The van der Waals surface area contributed by atoms with Crippen LogP contribution in [-0.2, 0) is 10.0 Å². The van der Waals surface area contributed by atoms with Gasteiger partial charge >= 0.3 is 0 Å². The Morgan fingerprint density at radius 2 is 1.96 bits per heavy atom. The zero-order chi connectivity index (χ0) is 17.3. The van der Waals surface area contributed by atoms with Gasteiger partial charge < -0.3 is 0 Å². The van der Waals surface area contributed by atoms with Crippen LogP contribution in [0.2, 0.25) is 0 Å². The number of nitriles is 1. The molecule has 0 aliphatic carbocycles. The molecule has 5 nitrogen and oxygen atoms in total. The third-order valence-corrected chi connectivity index (χ3v) is 6.54. The fourth-order valence-electron chi connectivity index (χ4n) is 3.23. The first kappa shape index (κ1) is 16.6. The average molecular weight is 341 g/mol. The molecule has 0 amide bonds. The van der Waals surface area contributed by atoms with Crippen LogP contribution in [0.25, 0.3) is 0 Å². The van der Waals surface area contributed by atoms with Crippen molar-refractivity contribution in [3.8, 4) is 6.07 Å². The summed E-state index contributed by atoms with van der Waals surface area (Å²) in [4.78, 5) is 3.87. The molecule has 1 aliphatic heterocycles. The van der Waals surface area contributed by atoms with Crippen molar-refractivity contribution in [3.05, 3.63) is 59.4 Å². The van der Waals surface area contributed by atoms with Gasteiger partial charge in [0.25, 0.3) is 0 Å². The van der Waals surface area contributed by atoms with Crippen molar-refractivity contribution < 1.29 is 8.42 Å². The van der Waals surface area contributed by atoms with Crippen LogP contribution in [0.4, 0.5) is 0 Å². The second-order valence-electron chi connectivity index (χ2n) is 6.23. The summed E-state index contributed by atoms with van der Waals surface area (Å²) in [5, 5.41) is 9.15. The minimum Gasteiger partial charge on any atom is -0.244 e. The molecular weight excluding hydrogens is 322 g/mol. The summed E-state index contributed by atoms with van der Waals surface area (Å²) < 4.78 is 27.5. The molecule has 0 radical (unpaired) electrons. The average Bonchev–Trinajstić information content (AvgIpc) is 2.98. The summed E-state index contributed by atoms with van der Waals surface area (Å²) >= 11 is 0. The lowest BCUT2D eigenvalue weighted by Crippen LogP contribution is -2.34. The van der Waals surface area contributed by atoms with Crippen LogP contribution < -0.4 is 0 Å². The summed E-state index contributed by atoms with van der Waals surface area (Å²) in [7, 11) is -3.73. The summed E-state index contributed by atoms with van der Waals surface area (Å²) in [6.07, 6.45) is 2.20. The van der Waals surface area contributed by atoms with Crippen molar-refractivity contribution in [2.75, 3.05) is 6.54 Å². The van der Waals surface area contributed by atoms with Crippen molar-refractivity contribution in [1.82, 2.24) is 9.29 Å². The van der Waals surface area contributed by atoms with E-state index in [9.17, 15) is 8.42 Å². The quantitative estimate of drug-likeness (QED) is 0.860. The Kier molecular flexibility index (Phi) is 4.39. The van der Waals surface area contributed by atoms with Gasteiger partial charge in [-0.15, -0.1) is 0 Å². The lowest BCUT2D eigenvalue weighted by molar-refractivity contribution is 0.407. The first-order chi connectivity index (χ1) is 11.4. The van der Waals surface area contributed by atoms with Crippen molar-refractivity contribution in [3.63, 3.8) is 0 Å². The molecule has 2 unspecified atom stereocenters. The lowest BCUT2D eigenvalue weighted by atomic mass is 9.96. The third kappa shape index (κ3) is 2.93. The van der Waals surface area contributed by atoms with Crippen LogP contribution in [0.15, 0.2) is 47.5 Å². The number of pyridine rings is 1. The Morgan fingerprint density at radius 1 is 1.25 bits per heavy atom. The molecule has 2 aromatic rings. The highest BCUT2D eigenvalue weighted by atomic mass is 32.2. The first-order valence-electron chi connectivity index (χ1n) is 7.87. The third-order valence-electron chi connectivity index (χ3n) is 4.53. The number of rotatable bonds is 3. The Balaban J connectivity index is 1.92. The minimum atomic E-state index is -3.73. The van der Waals surface area contributed by atoms with Gasteiger partial charge in [-0.25, -0.2) is 13.4 Å². The van der Waals surface area contributed by atoms with Gasteiger partial charge in [0.2, 0.25) is 10.0 Å². The summed E-state index contributed by atoms with van der Waals surface area (Å²) in [5.74, 6) is 0.164. The summed E-state index contributed by atoms with van der Waals surface area (Å²) in [6.45, 7) is 4.37. The van der Waals surface area contributed by atoms with Crippen molar-refractivity contribution in [2.24, 2.45) is 0 Å². The Bertz CT molecular complexity index is 885. The van der Waals surface area contributed by atoms with Gasteiger partial charge in [0.1, 0.15) is 11.0 Å². The van der Waals surface area contributed by atoms with Gasteiger partial charge in [-0.05, 0) is 43.9 Å². The van der Waals surface area contributed by atoms with Crippen molar-refractivity contribution >= 4 is 10.0 Å². The lowest BCUT2D eigenvalue weighted by Gasteiger charge is -2.21. The minimum absolute atomic E-state index is 0.0103. The monoisotopic (exact) mass is 341 g/mol. The molecule has 6 heteroatoms. The van der Waals surface area contributed by atoms with E-state index in [1.54, 1.807) is 6.07 Å². The predicted octanol–water partition coefficient (Wildman–Crippen LogP) is 2.83. The molecular formula is C18H19N3O2S. The van der Waals surface area contributed by atoms with Crippen LogP contribution in [0.5, 0.6) is 0 Å². The maximum Gasteiger partial charge on any atom is 0.246 e. The highest BCUT2D eigenvalue weighted by molar-refractivity contribution is 7.89. The zero-order valence-electron chi connectivity index (χ0n) is 13.7. The molecule has 0 N–H and O–H groups in total. The predicted molar refractivity (Wildman–Crippen MR) is 90.8 cm³/mol. The van der Waals surface area contributed by atoms with Gasteiger partial charge in [0.15, 0.2) is 5.69 Å². The molecule has 1 fully saturated rings. The normalized spacial score (nSPS) is 21.5. The molecule has 0 spiro atoms. The Morgan fingerprint density at radius 3 is 2.62 bits per heavy atom. The smallest absolute Gasteiger partial charge is 0.244 e. The largest absolute Gasteiger partial charge is 0.246 e. The number of sulfonamides is 1. The fraction of sp³-hybridized carbons (Fsp3) is 0.333. The van der Waals surface area contributed by atoms with E-state index in [1.165, 1.54) is 22.1 Å². The highest BCUT2D eigenvalue weighted by Gasteiger charge is 2.39. The number of aryl methyl sites for hydroxylation is 1. The second-order valence-corrected chi connectivity index (χ2v) is 8.09. The molecule has 124 valence electrons. The van der Waals surface area contributed by atoms with Crippen LogP contribution in [0, 0.1) is 18.3 Å². The van der Waals surface area contributed by atoms with Gasteiger partial charge in [0, 0.05) is 18.8 Å². The van der Waals surface area contributed by atoms with E-state index < -0.39 is 10.0 Å². The number of benzene rings is 1. The van der Waals surface area contributed by atoms with Gasteiger partial charge in [0.05, 0.1) is 0 Å². The van der Waals surface area contributed by atoms with Gasteiger partial charge in [-0.3, -0.25) is 0 Å². The van der Waals surface area contributed by atoms with Crippen LogP contribution in [0.3, 0.4) is 0 Å². The highest BCUT2D eigenvalue weighted by Crippen LogP contribution is 2.35. The van der Waals surface area contributed by atoms with E-state index in [2.05, 4.69) is 17.1 Å². The molecule has 0 saturated carbocycles. The molecule has 1 aromatic carbocycles. The topological polar surface area (TPSA) is 74.1 Å². The fourth-order valence-corrected chi connectivity index (χ4v) is 5.01. The van der Waals surface area contributed by atoms with Crippen LogP contribution >= 0.6 is 0 Å². The van der Waals surface area contributed by atoms with E-state index in [0.29, 0.717) is 6.54 Å². The number of hydrogen-bond donors (Lipinski definition) is 0. The van der Waals surface area contributed by atoms with E-state index in [1.807, 2.05) is 32.0 Å². The molecule has 2 heterocycles. The summed E-state index contributed by atoms with van der Waals surface area (Å²) in [5.41, 5.74) is 2.28. The van der Waals surface area contributed by atoms with Gasteiger partial charge in [-0.1, -0.05) is 29.8 Å². The summed E-state index contributed by atoms with van der Waals surface area (Å²) in [6, 6.07) is 13.0. The maximum atomic E-state index is 13.0. The number of hydrogen-bond acceptors (Lipinski definition) is 4. The Labute approximate surface area is 142 Å². The van der Waals surface area contributed by atoms with E-state index in [4.69, 9.17) is 5.26 Å². The van der Waals surface area contributed by atoms with E-state index in [-0.39, 0.29) is 22.5 Å². The second kappa shape index (κ2) is 6.34. The molecule has 2 atom stereocenters. The first-order valence-corrected chi connectivity index (χ1v) is 9.31. The van der Waals surface area contributed by atoms with E-state index in [0.717, 1.165) is 12.0 Å². The maximum absolute atomic E-state index is 13.0. The SMILES string of the molecule is Cc1ccc(C2CC(C)N(S(=O)(=O)c3cccnc3C#N)C2)cc1. The van der Waals surface area contributed by atoms with Crippen LogP contribution in [-0.4, -0.2) is 30.3 Å². The molecule has 1 saturated heterocycles. The van der Waals surface area contributed by atoms with E-state index >= 15 is 0 Å². The number of nitrogens with zero attached hydrogens (tertiary/aromatic N) is 3. The molecule has 0 bridgehead atoms. The van der Waals surface area contributed by atoms with Crippen LogP contribution in [0.1, 0.15) is 36.1 Å². The molecule has 1 aliphatic rings. The number of aromatic nitrogens is 1. The Hall–Kier alpha value is -2.23. The molecule has 1 aromatic heterocycles.